The molecule has 0 aliphatic heterocycles. The maximum absolute atomic E-state index is 12.8. The van der Waals surface area contributed by atoms with Crippen LogP contribution < -0.4 is 5.32 Å². The fourth-order valence-corrected chi connectivity index (χ4v) is 2.02. The second-order valence-electron chi connectivity index (χ2n) is 4.79. The lowest BCUT2D eigenvalue weighted by Crippen LogP contribution is -2.45. The molecule has 0 spiro atoms. The van der Waals surface area contributed by atoms with Gasteiger partial charge in [-0.05, 0) is 25.3 Å². The number of rotatable bonds is 4. The molecule has 1 aromatic carbocycles. The van der Waals surface area contributed by atoms with Crippen LogP contribution in [0.15, 0.2) is 24.3 Å². The van der Waals surface area contributed by atoms with Gasteiger partial charge >= 0.3 is 6.18 Å². The number of hydrogen-bond acceptors (Lipinski definition) is 3. The first-order valence-electron chi connectivity index (χ1n) is 5.84. The first-order valence-corrected chi connectivity index (χ1v) is 5.84. The van der Waals surface area contributed by atoms with Crippen molar-refractivity contribution in [3.63, 3.8) is 0 Å². The van der Waals surface area contributed by atoms with Crippen molar-refractivity contribution in [3.05, 3.63) is 39.9 Å². The molecule has 0 aromatic heterocycles. The van der Waals surface area contributed by atoms with Crippen molar-refractivity contribution in [1.29, 1.82) is 0 Å². The number of nitro benzene ring substituents is 1. The Bertz CT molecular complexity index is 481. The van der Waals surface area contributed by atoms with Gasteiger partial charge in [0.25, 0.3) is 5.69 Å². The predicted molar refractivity (Wildman–Crippen MR) is 62.7 cm³/mol. The van der Waals surface area contributed by atoms with E-state index in [9.17, 15) is 23.3 Å². The van der Waals surface area contributed by atoms with Crippen LogP contribution in [0.4, 0.5) is 18.9 Å². The lowest BCUT2D eigenvalue weighted by atomic mass is 10.1. The van der Waals surface area contributed by atoms with Crippen molar-refractivity contribution < 1.29 is 18.1 Å². The van der Waals surface area contributed by atoms with Gasteiger partial charge in [0.1, 0.15) is 5.54 Å². The Morgan fingerprint density at radius 2 is 1.84 bits per heavy atom. The molecule has 0 bridgehead atoms. The summed E-state index contributed by atoms with van der Waals surface area (Å²) >= 11 is 0. The highest BCUT2D eigenvalue weighted by atomic mass is 19.4. The van der Waals surface area contributed by atoms with Crippen LogP contribution in [-0.2, 0) is 0 Å². The van der Waals surface area contributed by atoms with E-state index >= 15 is 0 Å². The molecule has 0 radical (unpaired) electrons. The van der Waals surface area contributed by atoms with Gasteiger partial charge in [-0.15, -0.1) is 0 Å². The summed E-state index contributed by atoms with van der Waals surface area (Å²) in [5.41, 5.74) is -1.26. The Kier molecular flexibility index (Phi) is 3.25. The smallest absolute Gasteiger partial charge is 0.297 e. The number of benzene rings is 1. The zero-order valence-electron chi connectivity index (χ0n) is 10.2. The van der Waals surface area contributed by atoms with Gasteiger partial charge in [-0.2, -0.15) is 13.2 Å². The molecule has 104 valence electrons. The van der Waals surface area contributed by atoms with Gasteiger partial charge in [-0.1, -0.05) is 12.1 Å². The van der Waals surface area contributed by atoms with Crippen molar-refractivity contribution in [3.8, 4) is 0 Å². The summed E-state index contributed by atoms with van der Waals surface area (Å²) in [6, 6.07) is 5.02. The third-order valence-electron chi connectivity index (χ3n) is 3.39. The van der Waals surface area contributed by atoms with Crippen molar-refractivity contribution >= 4 is 5.69 Å². The van der Waals surface area contributed by atoms with Crippen LogP contribution in [0.1, 0.15) is 31.4 Å². The predicted octanol–water partition coefficient (Wildman–Crippen LogP) is 3.34. The molecule has 1 aromatic rings. The van der Waals surface area contributed by atoms with Crippen LogP contribution in [0.3, 0.4) is 0 Å². The number of nitrogens with one attached hydrogen (secondary N) is 1. The van der Waals surface area contributed by atoms with E-state index in [0.29, 0.717) is 5.56 Å². The third kappa shape index (κ3) is 2.70. The van der Waals surface area contributed by atoms with Gasteiger partial charge in [-0.25, -0.2) is 0 Å². The molecule has 0 heterocycles. The molecule has 19 heavy (non-hydrogen) atoms. The van der Waals surface area contributed by atoms with Gasteiger partial charge in [0, 0.05) is 18.2 Å². The number of non-ortho nitro benzene ring substituents is 1. The molecule has 1 aliphatic rings. The molecule has 1 saturated carbocycles. The maximum atomic E-state index is 12.8. The number of nitrogens with zero attached hydrogens (tertiary/aromatic N) is 1. The minimum Gasteiger partial charge on any atom is -0.297 e. The van der Waals surface area contributed by atoms with Gasteiger partial charge in [-0.3, -0.25) is 15.4 Å². The van der Waals surface area contributed by atoms with Crippen molar-refractivity contribution in [2.75, 3.05) is 0 Å². The first-order chi connectivity index (χ1) is 8.75. The topological polar surface area (TPSA) is 55.2 Å². The Balaban J connectivity index is 2.08. The van der Waals surface area contributed by atoms with Crippen LogP contribution in [-0.4, -0.2) is 16.6 Å². The number of halogens is 3. The van der Waals surface area contributed by atoms with E-state index in [0.717, 1.165) is 0 Å². The quantitative estimate of drug-likeness (QED) is 0.676. The average Bonchev–Trinajstić information content (AvgIpc) is 3.09. The van der Waals surface area contributed by atoms with Crippen LogP contribution in [0.25, 0.3) is 0 Å². The second-order valence-corrected chi connectivity index (χ2v) is 4.79. The lowest BCUT2D eigenvalue weighted by molar-refractivity contribution is -0.384. The molecule has 1 atom stereocenters. The largest absolute Gasteiger partial charge is 0.406 e. The molecule has 1 fully saturated rings. The molecule has 4 nitrogen and oxygen atoms in total. The number of hydrogen-bond donors (Lipinski definition) is 1. The monoisotopic (exact) mass is 274 g/mol. The SMILES string of the molecule is CC(NC1(C(F)(F)F)CC1)c1ccc([N+](=O)[O-])cc1. The molecular formula is C12H13F3N2O2. The molecule has 2 rings (SSSR count). The van der Waals surface area contributed by atoms with E-state index in [-0.39, 0.29) is 18.5 Å². The third-order valence-corrected chi connectivity index (χ3v) is 3.39. The van der Waals surface area contributed by atoms with Gasteiger partial charge in [0.15, 0.2) is 0 Å². The standard InChI is InChI=1S/C12H13F3N2O2/c1-8(16-11(6-7-11)12(13,14)15)9-2-4-10(5-3-9)17(18)19/h2-5,8,16H,6-7H2,1H3. The maximum Gasteiger partial charge on any atom is 0.406 e. The number of alkyl halides is 3. The molecule has 1 N–H and O–H groups in total. The first kappa shape index (κ1) is 13.8. The zero-order valence-corrected chi connectivity index (χ0v) is 10.2. The highest BCUT2D eigenvalue weighted by molar-refractivity contribution is 5.34. The lowest BCUT2D eigenvalue weighted by Gasteiger charge is -2.25. The summed E-state index contributed by atoms with van der Waals surface area (Å²) in [5.74, 6) is 0. The normalized spacial score (nSPS) is 18.9. The van der Waals surface area contributed by atoms with Gasteiger partial charge in [0.2, 0.25) is 0 Å². The minimum absolute atomic E-state index is 0.0760. The van der Waals surface area contributed by atoms with Crippen molar-refractivity contribution in [2.24, 2.45) is 0 Å². The fraction of sp³-hybridized carbons (Fsp3) is 0.500. The molecule has 1 unspecified atom stereocenters. The van der Waals surface area contributed by atoms with E-state index in [1.54, 1.807) is 6.92 Å². The Labute approximate surface area is 107 Å². The van der Waals surface area contributed by atoms with E-state index in [1.165, 1.54) is 24.3 Å². The second kappa shape index (κ2) is 4.48. The molecule has 1 aliphatic carbocycles. The summed E-state index contributed by atoms with van der Waals surface area (Å²) in [7, 11) is 0. The van der Waals surface area contributed by atoms with Gasteiger partial charge in [0.05, 0.1) is 4.92 Å². The fourth-order valence-electron chi connectivity index (χ4n) is 2.02. The molecule has 7 heteroatoms. The van der Waals surface area contributed by atoms with E-state index in [2.05, 4.69) is 5.32 Å². The Morgan fingerprint density at radius 3 is 2.21 bits per heavy atom. The number of nitro groups is 1. The van der Waals surface area contributed by atoms with E-state index in [1.807, 2.05) is 0 Å². The summed E-state index contributed by atoms with van der Waals surface area (Å²) in [6.45, 7) is 1.62. The Morgan fingerprint density at radius 1 is 1.32 bits per heavy atom. The zero-order chi connectivity index (χ0) is 14.3. The van der Waals surface area contributed by atoms with Crippen LogP contribution in [0.5, 0.6) is 0 Å². The average molecular weight is 274 g/mol. The van der Waals surface area contributed by atoms with E-state index < -0.39 is 22.7 Å². The van der Waals surface area contributed by atoms with Crippen molar-refractivity contribution in [2.45, 2.75) is 37.5 Å². The van der Waals surface area contributed by atoms with Crippen molar-refractivity contribution in [1.82, 2.24) is 5.32 Å². The summed E-state index contributed by atoms with van der Waals surface area (Å²) in [5, 5.41) is 13.1. The molecule has 0 amide bonds. The van der Waals surface area contributed by atoms with Gasteiger partial charge < -0.3 is 0 Å². The minimum atomic E-state index is -4.26. The summed E-state index contributed by atoms with van der Waals surface area (Å²) in [4.78, 5) is 9.95. The molecular weight excluding hydrogens is 261 g/mol. The van der Waals surface area contributed by atoms with Crippen LogP contribution in [0, 0.1) is 10.1 Å². The van der Waals surface area contributed by atoms with E-state index in [4.69, 9.17) is 0 Å². The van der Waals surface area contributed by atoms with Crippen LogP contribution >= 0.6 is 0 Å². The highest BCUT2D eigenvalue weighted by Crippen LogP contribution is 2.50. The summed E-state index contributed by atoms with van der Waals surface area (Å²) in [6.07, 6.45) is -4.11. The Hall–Kier alpha value is -1.63. The van der Waals surface area contributed by atoms with Crippen LogP contribution in [0.2, 0.25) is 0 Å². The highest BCUT2D eigenvalue weighted by Gasteiger charge is 2.63. The summed E-state index contributed by atoms with van der Waals surface area (Å²) < 4.78 is 38.4. The molecule has 0 saturated heterocycles.